The second kappa shape index (κ2) is 6.70. The Balaban J connectivity index is 2.30. The quantitative estimate of drug-likeness (QED) is 0.513. The van der Waals surface area contributed by atoms with Crippen molar-refractivity contribution in [1.82, 2.24) is 15.3 Å². The van der Waals surface area contributed by atoms with E-state index in [0.29, 0.717) is 13.2 Å². The van der Waals surface area contributed by atoms with Crippen LogP contribution in [0, 0.1) is 0 Å². The molecule has 7 heteroatoms. The van der Waals surface area contributed by atoms with E-state index >= 15 is 0 Å². The number of rotatable bonds is 6. The monoisotopic (exact) mass is 227 g/mol. The molecule has 0 aliphatic carbocycles. The Hall–Kier alpha value is -1.73. The van der Waals surface area contributed by atoms with Crippen molar-refractivity contribution in [2.24, 2.45) is 0 Å². The second-order valence-electron chi connectivity index (χ2n) is 2.89. The number of aromatic amines is 1. The highest BCUT2D eigenvalue weighted by atomic mass is 16.5. The van der Waals surface area contributed by atoms with Crippen LogP contribution < -0.4 is 10.9 Å². The molecule has 0 aliphatic rings. The van der Waals surface area contributed by atoms with Gasteiger partial charge in [0.05, 0.1) is 26.0 Å². The Bertz CT molecular complexity index is 370. The van der Waals surface area contributed by atoms with Crippen LogP contribution in [0.1, 0.15) is 10.5 Å². The van der Waals surface area contributed by atoms with E-state index < -0.39 is 0 Å². The van der Waals surface area contributed by atoms with Gasteiger partial charge < -0.3 is 20.1 Å². The van der Waals surface area contributed by atoms with Crippen molar-refractivity contribution in [2.45, 2.75) is 0 Å². The maximum atomic E-state index is 11.4. The topological polar surface area (TPSA) is 104 Å². The smallest absolute Gasteiger partial charge is 0.271 e. The molecule has 88 valence electrons. The van der Waals surface area contributed by atoms with E-state index in [2.05, 4.69) is 15.3 Å². The zero-order valence-corrected chi connectivity index (χ0v) is 8.60. The van der Waals surface area contributed by atoms with Crippen LogP contribution in [0.2, 0.25) is 0 Å². The van der Waals surface area contributed by atoms with E-state index in [0.717, 1.165) is 6.20 Å². The minimum absolute atomic E-state index is 0.0462. The number of aliphatic hydroxyl groups excluding tert-OH is 1. The molecule has 0 fully saturated rings. The molecular formula is C9H13N3O4. The molecule has 0 unspecified atom stereocenters. The minimum Gasteiger partial charge on any atom is -0.394 e. The summed E-state index contributed by atoms with van der Waals surface area (Å²) in [6, 6.07) is 0. The third-order valence-corrected chi connectivity index (χ3v) is 1.67. The lowest BCUT2D eigenvalue weighted by Gasteiger charge is -2.04. The summed E-state index contributed by atoms with van der Waals surface area (Å²) in [4.78, 5) is 28.1. The van der Waals surface area contributed by atoms with Gasteiger partial charge in [-0.05, 0) is 0 Å². The van der Waals surface area contributed by atoms with Crippen molar-refractivity contribution >= 4 is 5.91 Å². The van der Waals surface area contributed by atoms with Crippen molar-refractivity contribution in [2.75, 3.05) is 26.4 Å². The van der Waals surface area contributed by atoms with Crippen LogP contribution in [0.3, 0.4) is 0 Å². The van der Waals surface area contributed by atoms with Crippen molar-refractivity contribution < 1.29 is 14.6 Å². The van der Waals surface area contributed by atoms with E-state index in [9.17, 15) is 9.59 Å². The van der Waals surface area contributed by atoms with Crippen molar-refractivity contribution in [1.29, 1.82) is 0 Å². The molecule has 0 aromatic carbocycles. The van der Waals surface area contributed by atoms with Crippen LogP contribution in [0.25, 0.3) is 0 Å². The number of aliphatic hydroxyl groups is 1. The van der Waals surface area contributed by atoms with Gasteiger partial charge >= 0.3 is 0 Å². The van der Waals surface area contributed by atoms with Gasteiger partial charge in [0.2, 0.25) is 0 Å². The van der Waals surface area contributed by atoms with Gasteiger partial charge in [-0.1, -0.05) is 0 Å². The minimum atomic E-state index is -0.385. The Morgan fingerprint density at radius 1 is 1.56 bits per heavy atom. The van der Waals surface area contributed by atoms with Crippen LogP contribution in [0.15, 0.2) is 17.2 Å². The summed E-state index contributed by atoms with van der Waals surface area (Å²) in [7, 11) is 0. The van der Waals surface area contributed by atoms with Crippen LogP contribution in [-0.4, -0.2) is 47.3 Å². The van der Waals surface area contributed by atoms with E-state index in [1.54, 1.807) is 0 Å². The average molecular weight is 227 g/mol. The molecule has 1 heterocycles. The Labute approximate surface area is 91.5 Å². The molecule has 0 saturated heterocycles. The molecule has 0 spiro atoms. The SMILES string of the molecule is O=C(NCCOCCO)c1c[nH]c(=O)cn1. The maximum Gasteiger partial charge on any atom is 0.271 e. The number of carbonyl (C=O) groups excluding carboxylic acids is 1. The molecule has 1 aromatic rings. The molecule has 0 atom stereocenters. The highest BCUT2D eigenvalue weighted by Crippen LogP contribution is 1.86. The zero-order chi connectivity index (χ0) is 11.8. The number of hydrogen-bond donors (Lipinski definition) is 3. The van der Waals surface area contributed by atoms with Gasteiger partial charge in [0.25, 0.3) is 11.5 Å². The molecule has 1 aromatic heterocycles. The van der Waals surface area contributed by atoms with Gasteiger partial charge in [0.15, 0.2) is 0 Å². The number of amides is 1. The van der Waals surface area contributed by atoms with Gasteiger partial charge in [0, 0.05) is 12.7 Å². The molecule has 0 radical (unpaired) electrons. The van der Waals surface area contributed by atoms with Gasteiger partial charge in [-0.3, -0.25) is 9.59 Å². The van der Waals surface area contributed by atoms with Gasteiger partial charge in [0.1, 0.15) is 5.69 Å². The van der Waals surface area contributed by atoms with Gasteiger partial charge in [-0.2, -0.15) is 0 Å². The lowest BCUT2D eigenvalue weighted by atomic mass is 10.4. The molecule has 1 rings (SSSR count). The number of H-pyrrole nitrogens is 1. The lowest BCUT2D eigenvalue weighted by Crippen LogP contribution is -2.29. The number of hydrogen-bond acceptors (Lipinski definition) is 5. The largest absolute Gasteiger partial charge is 0.394 e. The number of aromatic nitrogens is 2. The van der Waals surface area contributed by atoms with Gasteiger partial charge in [-0.25, -0.2) is 4.98 Å². The third-order valence-electron chi connectivity index (χ3n) is 1.67. The first-order valence-electron chi connectivity index (χ1n) is 4.75. The van der Waals surface area contributed by atoms with Crippen molar-refractivity contribution in [3.05, 3.63) is 28.4 Å². The first kappa shape index (κ1) is 12.3. The third kappa shape index (κ3) is 4.20. The molecule has 0 bridgehead atoms. The Kier molecular flexibility index (Phi) is 5.17. The van der Waals surface area contributed by atoms with Crippen LogP contribution in [0.4, 0.5) is 0 Å². The summed E-state index contributed by atoms with van der Waals surface area (Å²) in [5.41, 5.74) is -0.218. The standard InChI is InChI=1S/C9H13N3O4/c13-2-4-16-3-1-10-9(15)7-5-12-8(14)6-11-7/h5-6,13H,1-4H2,(H,10,15)(H,12,14). The van der Waals surface area contributed by atoms with Crippen molar-refractivity contribution in [3.8, 4) is 0 Å². The summed E-state index contributed by atoms with van der Waals surface area (Å²) in [6.07, 6.45) is 2.28. The van der Waals surface area contributed by atoms with E-state index in [4.69, 9.17) is 9.84 Å². The fourth-order valence-corrected chi connectivity index (χ4v) is 0.960. The first-order valence-corrected chi connectivity index (χ1v) is 4.75. The maximum absolute atomic E-state index is 11.4. The Morgan fingerprint density at radius 2 is 2.38 bits per heavy atom. The summed E-state index contributed by atoms with van der Waals surface area (Å²) in [5.74, 6) is -0.385. The fourth-order valence-electron chi connectivity index (χ4n) is 0.960. The summed E-state index contributed by atoms with van der Waals surface area (Å²) in [6.45, 7) is 0.831. The number of ether oxygens (including phenoxy) is 1. The molecule has 1 amide bonds. The molecule has 7 nitrogen and oxygen atoms in total. The molecule has 3 N–H and O–H groups in total. The predicted octanol–water partition coefficient (Wildman–Crippen LogP) is -1.49. The molecule has 0 saturated carbocycles. The summed E-state index contributed by atoms with van der Waals surface area (Å²) >= 11 is 0. The molecule has 0 aliphatic heterocycles. The lowest BCUT2D eigenvalue weighted by molar-refractivity contribution is 0.0835. The number of nitrogens with one attached hydrogen (secondary N) is 2. The summed E-state index contributed by atoms with van der Waals surface area (Å²) in [5, 5.41) is 11.0. The molecule has 16 heavy (non-hydrogen) atoms. The molecular weight excluding hydrogens is 214 g/mol. The second-order valence-corrected chi connectivity index (χ2v) is 2.89. The van der Waals surface area contributed by atoms with Gasteiger partial charge in [-0.15, -0.1) is 0 Å². The van der Waals surface area contributed by atoms with Crippen LogP contribution in [-0.2, 0) is 4.74 Å². The summed E-state index contributed by atoms with van der Waals surface area (Å²) < 4.78 is 4.95. The van der Waals surface area contributed by atoms with Crippen molar-refractivity contribution in [3.63, 3.8) is 0 Å². The highest BCUT2D eigenvalue weighted by Gasteiger charge is 2.05. The Morgan fingerprint density at radius 3 is 3.00 bits per heavy atom. The highest BCUT2D eigenvalue weighted by molar-refractivity contribution is 5.91. The van der Waals surface area contributed by atoms with E-state index in [1.165, 1.54) is 6.20 Å². The van der Waals surface area contributed by atoms with E-state index in [1.807, 2.05) is 0 Å². The predicted molar refractivity (Wildman–Crippen MR) is 55.1 cm³/mol. The van der Waals surface area contributed by atoms with Crippen LogP contribution >= 0.6 is 0 Å². The zero-order valence-electron chi connectivity index (χ0n) is 8.60. The first-order chi connectivity index (χ1) is 7.74. The fraction of sp³-hybridized carbons (Fsp3) is 0.444. The normalized spacial score (nSPS) is 10.1. The number of carbonyl (C=O) groups is 1. The number of nitrogens with zero attached hydrogens (tertiary/aromatic N) is 1. The average Bonchev–Trinajstić information content (AvgIpc) is 2.29. The van der Waals surface area contributed by atoms with Crippen LogP contribution in [0.5, 0.6) is 0 Å². The van der Waals surface area contributed by atoms with E-state index in [-0.39, 0.29) is 30.4 Å².